The number of anilines is 1. The van der Waals surface area contributed by atoms with Crippen molar-refractivity contribution in [2.45, 2.75) is 64.1 Å². The molecule has 0 spiro atoms. The van der Waals surface area contributed by atoms with Crippen LogP contribution in [0.25, 0.3) is 0 Å². The second kappa shape index (κ2) is 6.48. The van der Waals surface area contributed by atoms with Crippen LogP contribution in [-0.2, 0) is 6.54 Å². The van der Waals surface area contributed by atoms with E-state index < -0.39 is 0 Å². The largest absolute Gasteiger partial charge is 0.368 e. The molecule has 1 N–H and O–H groups in total. The van der Waals surface area contributed by atoms with Gasteiger partial charge in [-0.1, -0.05) is 18.9 Å². The monoisotopic (exact) mass is 336 g/mol. The van der Waals surface area contributed by atoms with Crippen LogP contribution in [-0.4, -0.2) is 18.6 Å². The maximum atomic E-state index is 3.79. The summed E-state index contributed by atoms with van der Waals surface area (Å²) in [7, 11) is 0. The van der Waals surface area contributed by atoms with E-state index in [0.717, 1.165) is 25.2 Å². The number of halogens is 1. The number of nitrogens with zero attached hydrogens (tertiary/aromatic N) is 1. The summed E-state index contributed by atoms with van der Waals surface area (Å²) in [6, 6.07) is 8.40. The lowest BCUT2D eigenvalue weighted by Gasteiger charge is -2.31. The molecule has 1 aromatic rings. The topological polar surface area (TPSA) is 15.3 Å². The van der Waals surface area contributed by atoms with Crippen LogP contribution in [0, 0.1) is 0 Å². The van der Waals surface area contributed by atoms with Gasteiger partial charge in [-0.3, -0.25) is 0 Å². The van der Waals surface area contributed by atoms with Gasteiger partial charge >= 0.3 is 0 Å². The first-order valence-corrected chi connectivity index (χ1v) is 8.85. The van der Waals surface area contributed by atoms with Crippen LogP contribution in [0.5, 0.6) is 0 Å². The molecule has 2 aliphatic carbocycles. The highest BCUT2D eigenvalue weighted by Gasteiger charge is 2.23. The highest BCUT2D eigenvalue weighted by Crippen LogP contribution is 2.33. The molecule has 0 aliphatic heterocycles. The van der Waals surface area contributed by atoms with Gasteiger partial charge in [0, 0.05) is 29.6 Å². The lowest BCUT2D eigenvalue weighted by molar-refractivity contribution is 0.618. The van der Waals surface area contributed by atoms with Crippen LogP contribution in [0.1, 0.15) is 51.0 Å². The Kier molecular flexibility index (Phi) is 4.67. The maximum Gasteiger partial charge on any atom is 0.0513 e. The van der Waals surface area contributed by atoms with Crippen molar-refractivity contribution in [3.63, 3.8) is 0 Å². The lowest BCUT2D eigenvalue weighted by atomic mass is 10.1. The molecule has 3 rings (SSSR count). The Balaban J connectivity index is 1.70. The van der Waals surface area contributed by atoms with Gasteiger partial charge in [-0.25, -0.2) is 0 Å². The summed E-state index contributed by atoms with van der Waals surface area (Å²) in [5.41, 5.74) is 2.75. The molecule has 3 heteroatoms. The van der Waals surface area contributed by atoms with E-state index in [9.17, 15) is 0 Å². The minimum absolute atomic E-state index is 0.742. The Bertz CT molecular complexity index is 450. The first-order chi connectivity index (χ1) is 9.78. The molecule has 2 nitrogen and oxygen atoms in total. The van der Waals surface area contributed by atoms with Gasteiger partial charge in [0.1, 0.15) is 0 Å². The zero-order chi connectivity index (χ0) is 13.9. The van der Waals surface area contributed by atoms with Gasteiger partial charge in [0.05, 0.1) is 5.69 Å². The van der Waals surface area contributed by atoms with Crippen molar-refractivity contribution in [3.05, 3.63) is 28.2 Å². The quantitative estimate of drug-likeness (QED) is 0.824. The Labute approximate surface area is 131 Å². The van der Waals surface area contributed by atoms with Crippen molar-refractivity contribution in [2.75, 3.05) is 11.4 Å². The number of benzene rings is 1. The van der Waals surface area contributed by atoms with Gasteiger partial charge in [0.25, 0.3) is 0 Å². The van der Waals surface area contributed by atoms with E-state index in [4.69, 9.17) is 0 Å². The molecule has 2 aliphatic rings. The smallest absolute Gasteiger partial charge is 0.0513 e. The highest BCUT2D eigenvalue weighted by atomic mass is 79.9. The number of nitrogens with one attached hydrogen (secondary N) is 1. The van der Waals surface area contributed by atoms with Crippen molar-refractivity contribution >= 4 is 21.6 Å². The average Bonchev–Trinajstić information content (AvgIpc) is 3.13. The summed E-state index contributed by atoms with van der Waals surface area (Å²) in [6.45, 7) is 4.37. The minimum atomic E-state index is 0.742. The summed E-state index contributed by atoms with van der Waals surface area (Å²) >= 11 is 3.79. The van der Waals surface area contributed by atoms with E-state index in [1.165, 1.54) is 54.2 Å². The molecule has 0 unspecified atom stereocenters. The fourth-order valence-corrected chi connectivity index (χ4v) is 3.94. The molecule has 0 atom stereocenters. The third-order valence-electron chi connectivity index (χ3n) is 4.60. The second-order valence-corrected chi connectivity index (χ2v) is 7.02. The zero-order valence-electron chi connectivity index (χ0n) is 12.4. The van der Waals surface area contributed by atoms with E-state index in [1.807, 2.05) is 0 Å². The van der Waals surface area contributed by atoms with E-state index in [-0.39, 0.29) is 0 Å². The van der Waals surface area contributed by atoms with Crippen molar-refractivity contribution in [2.24, 2.45) is 0 Å². The van der Waals surface area contributed by atoms with Gasteiger partial charge in [0.2, 0.25) is 0 Å². The van der Waals surface area contributed by atoms with Gasteiger partial charge in [-0.15, -0.1) is 0 Å². The highest BCUT2D eigenvalue weighted by molar-refractivity contribution is 9.10. The fourth-order valence-electron chi connectivity index (χ4n) is 3.28. The molecule has 0 radical (unpaired) electrons. The first kappa shape index (κ1) is 14.4. The van der Waals surface area contributed by atoms with Gasteiger partial charge in [-0.05, 0) is 66.2 Å². The van der Waals surface area contributed by atoms with Crippen LogP contribution < -0.4 is 10.2 Å². The van der Waals surface area contributed by atoms with Crippen molar-refractivity contribution in [1.82, 2.24) is 5.32 Å². The molecular weight excluding hydrogens is 312 g/mol. The lowest BCUT2D eigenvalue weighted by Crippen LogP contribution is -2.33. The molecule has 0 heterocycles. The average molecular weight is 337 g/mol. The van der Waals surface area contributed by atoms with Gasteiger partial charge < -0.3 is 10.2 Å². The Morgan fingerprint density at radius 3 is 2.55 bits per heavy atom. The van der Waals surface area contributed by atoms with Crippen molar-refractivity contribution in [1.29, 1.82) is 0 Å². The first-order valence-electron chi connectivity index (χ1n) is 8.06. The van der Waals surface area contributed by atoms with Crippen LogP contribution >= 0.6 is 15.9 Å². The van der Waals surface area contributed by atoms with E-state index >= 15 is 0 Å². The third-order valence-corrected chi connectivity index (χ3v) is 5.24. The molecule has 0 amide bonds. The predicted molar refractivity (Wildman–Crippen MR) is 89.3 cm³/mol. The van der Waals surface area contributed by atoms with E-state index in [2.05, 4.69) is 51.3 Å². The van der Waals surface area contributed by atoms with E-state index in [0.29, 0.717) is 0 Å². The van der Waals surface area contributed by atoms with Crippen LogP contribution in [0.2, 0.25) is 0 Å². The molecule has 0 bridgehead atoms. The number of rotatable bonds is 6. The second-order valence-electron chi connectivity index (χ2n) is 6.17. The molecule has 2 fully saturated rings. The molecule has 20 heavy (non-hydrogen) atoms. The molecule has 0 saturated heterocycles. The molecule has 2 saturated carbocycles. The van der Waals surface area contributed by atoms with Crippen LogP contribution in [0.15, 0.2) is 22.7 Å². The standard InChI is InChI=1S/C17H25BrN2/c1-2-20(15-5-3-4-6-15)17-10-7-13(11-16(17)18)12-19-14-8-9-14/h7,10-11,14-15,19H,2-6,8-9,12H2,1H3. The van der Waals surface area contributed by atoms with Crippen LogP contribution in [0.4, 0.5) is 5.69 Å². The summed E-state index contributed by atoms with van der Waals surface area (Å²) in [5.74, 6) is 0. The maximum absolute atomic E-state index is 3.79. The van der Waals surface area contributed by atoms with Gasteiger partial charge in [-0.2, -0.15) is 0 Å². The van der Waals surface area contributed by atoms with Crippen molar-refractivity contribution in [3.8, 4) is 0 Å². The fraction of sp³-hybridized carbons (Fsp3) is 0.647. The number of hydrogen-bond acceptors (Lipinski definition) is 2. The molecule has 0 aromatic heterocycles. The normalized spacial score (nSPS) is 19.5. The Morgan fingerprint density at radius 2 is 1.95 bits per heavy atom. The minimum Gasteiger partial charge on any atom is -0.368 e. The molecule has 110 valence electrons. The SMILES string of the molecule is CCN(c1ccc(CNC2CC2)cc1Br)C1CCCC1. The third kappa shape index (κ3) is 3.37. The summed E-state index contributed by atoms with van der Waals surface area (Å²) in [5, 5.41) is 3.58. The predicted octanol–water partition coefficient (Wildman–Crippen LogP) is 4.47. The van der Waals surface area contributed by atoms with Crippen LogP contribution in [0.3, 0.4) is 0 Å². The number of hydrogen-bond donors (Lipinski definition) is 1. The summed E-state index contributed by atoms with van der Waals surface area (Å²) in [6.07, 6.45) is 8.19. The van der Waals surface area contributed by atoms with Gasteiger partial charge in [0.15, 0.2) is 0 Å². The van der Waals surface area contributed by atoms with Crippen molar-refractivity contribution < 1.29 is 0 Å². The van der Waals surface area contributed by atoms with E-state index in [1.54, 1.807) is 0 Å². The Morgan fingerprint density at radius 1 is 1.20 bits per heavy atom. The zero-order valence-corrected chi connectivity index (χ0v) is 14.0. The molecular formula is C17H25BrN2. The molecule has 1 aromatic carbocycles. The summed E-state index contributed by atoms with van der Waals surface area (Å²) in [4.78, 5) is 2.58. The Hall–Kier alpha value is -0.540. The summed E-state index contributed by atoms with van der Waals surface area (Å²) < 4.78 is 1.25.